The first kappa shape index (κ1) is 15.3. The molecule has 0 radical (unpaired) electrons. The minimum atomic E-state index is -0.0353. The van der Waals surface area contributed by atoms with Gasteiger partial charge in [-0.05, 0) is 24.7 Å². The number of nitrogens with one attached hydrogen (secondary N) is 1. The predicted octanol–water partition coefficient (Wildman–Crippen LogP) is 0.0854. The van der Waals surface area contributed by atoms with Crippen LogP contribution >= 0.6 is 0 Å². The van der Waals surface area contributed by atoms with Crippen molar-refractivity contribution >= 4 is 11.8 Å². The first-order chi connectivity index (χ1) is 10.1. The van der Waals surface area contributed by atoms with Crippen LogP contribution < -0.4 is 10.1 Å². The molecule has 0 spiro atoms. The van der Waals surface area contributed by atoms with Crippen LogP contribution in [0.3, 0.4) is 0 Å². The highest BCUT2D eigenvalue weighted by atomic mass is 16.5. The van der Waals surface area contributed by atoms with Crippen molar-refractivity contribution in [1.82, 2.24) is 15.1 Å². The molecule has 1 heterocycles. The summed E-state index contributed by atoms with van der Waals surface area (Å²) in [5.74, 6) is 0.725. The number of hydrogen-bond acceptors (Lipinski definition) is 4. The van der Waals surface area contributed by atoms with Crippen LogP contribution in [-0.2, 0) is 16.1 Å². The fourth-order valence-corrected chi connectivity index (χ4v) is 2.34. The Balaban J connectivity index is 1.94. The van der Waals surface area contributed by atoms with E-state index in [1.807, 2.05) is 24.3 Å². The van der Waals surface area contributed by atoms with Crippen LogP contribution in [0.2, 0.25) is 0 Å². The van der Waals surface area contributed by atoms with Gasteiger partial charge < -0.3 is 19.9 Å². The Kier molecular flexibility index (Phi) is 5.16. The highest BCUT2D eigenvalue weighted by molar-refractivity contribution is 5.86. The molecule has 0 unspecified atom stereocenters. The molecule has 1 aromatic rings. The zero-order valence-corrected chi connectivity index (χ0v) is 12.5. The van der Waals surface area contributed by atoms with Gasteiger partial charge in [-0.1, -0.05) is 12.1 Å². The van der Waals surface area contributed by atoms with E-state index >= 15 is 0 Å². The third-order valence-corrected chi connectivity index (χ3v) is 3.51. The van der Waals surface area contributed by atoms with Crippen LogP contribution in [-0.4, -0.2) is 62.0 Å². The van der Waals surface area contributed by atoms with Gasteiger partial charge >= 0.3 is 0 Å². The lowest BCUT2D eigenvalue weighted by Gasteiger charge is -2.34. The molecule has 0 atom stereocenters. The number of carbonyl (C=O) groups excluding carboxylic acids is 2. The number of amides is 2. The smallest absolute Gasteiger partial charge is 0.242 e. The molecule has 6 nitrogen and oxygen atoms in total. The van der Waals surface area contributed by atoms with Crippen LogP contribution in [0.1, 0.15) is 5.56 Å². The van der Waals surface area contributed by atoms with E-state index in [0.29, 0.717) is 19.6 Å². The molecule has 0 saturated carbocycles. The summed E-state index contributed by atoms with van der Waals surface area (Å²) in [7, 11) is 3.34. The van der Waals surface area contributed by atoms with Crippen molar-refractivity contribution in [3.63, 3.8) is 0 Å². The van der Waals surface area contributed by atoms with Crippen molar-refractivity contribution in [2.24, 2.45) is 0 Å². The number of hydrogen-bond donors (Lipinski definition) is 1. The molecular weight excluding hydrogens is 270 g/mol. The van der Waals surface area contributed by atoms with Gasteiger partial charge in [0, 0.05) is 19.6 Å². The molecule has 0 bridgehead atoms. The quantitative estimate of drug-likeness (QED) is 0.835. The summed E-state index contributed by atoms with van der Waals surface area (Å²) in [6.45, 7) is 2.11. The van der Waals surface area contributed by atoms with Crippen molar-refractivity contribution in [3.05, 3.63) is 29.8 Å². The molecule has 1 fully saturated rings. The highest BCUT2D eigenvalue weighted by Crippen LogP contribution is 2.15. The summed E-state index contributed by atoms with van der Waals surface area (Å²) in [4.78, 5) is 27.3. The summed E-state index contributed by atoms with van der Waals surface area (Å²) in [6, 6.07) is 7.67. The Hall–Kier alpha value is -2.08. The number of rotatable bonds is 5. The summed E-state index contributed by atoms with van der Waals surface area (Å²) in [6.07, 6.45) is 0. The van der Waals surface area contributed by atoms with Gasteiger partial charge in [0.1, 0.15) is 5.75 Å². The van der Waals surface area contributed by atoms with Gasteiger partial charge in [0.05, 0.1) is 20.2 Å². The fraction of sp³-hybridized carbons (Fsp3) is 0.467. The van der Waals surface area contributed by atoms with Crippen LogP contribution in [0.4, 0.5) is 0 Å². The molecule has 2 amide bonds. The normalized spacial score (nSPS) is 15.2. The molecule has 114 valence electrons. The maximum Gasteiger partial charge on any atom is 0.242 e. The molecule has 0 aromatic heterocycles. The molecule has 2 rings (SSSR count). The second-order valence-electron chi connectivity index (χ2n) is 5.01. The number of methoxy groups -OCH3 is 1. The van der Waals surface area contributed by atoms with E-state index in [-0.39, 0.29) is 24.9 Å². The van der Waals surface area contributed by atoms with Crippen LogP contribution in [0.5, 0.6) is 5.75 Å². The Bertz CT molecular complexity index is 519. The van der Waals surface area contributed by atoms with Crippen molar-refractivity contribution in [3.8, 4) is 5.75 Å². The molecule has 1 N–H and O–H groups in total. The Morgan fingerprint density at radius 1 is 1.38 bits per heavy atom. The van der Waals surface area contributed by atoms with E-state index < -0.39 is 0 Å². The minimum Gasteiger partial charge on any atom is -0.497 e. The lowest BCUT2D eigenvalue weighted by molar-refractivity contribution is -0.145. The average Bonchev–Trinajstić information content (AvgIpc) is 2.49. The minimum absolute atomic E-state index is 0.0199. The van der Waals surface area contributed by atoms with E-state index in [1.165, 1.54) is 0 Å². The van der Waals surface area contributed by atoms with Crippen molar-refractivity contribution < 1.29 is 14.3 Å². The maximum atomic E-state index is 12.2. The Morgan fingerprint density at radius 2 is 2.19 bits per heavy atom. The summed E-state index contributed by atoms with van der Waals surface area (Å²) in [5, 5.41) is 2.81. The van der Waals surface area contributed by atoms with Crippen LogP contribution in [0, 0.1) is 0 Å². The number of ether oxygens (including phenoxy) is 1. The Labute approximate surface area is 124 Å². The lowest BCUT2D eigenvalue weighted by Crippen LogP contribution is -2.53. The predicted molar refractivity (Wildman–Crippen MR) is 78.9 cm³/mol. The van der Waals surface area contributed by atoms with Gasteiger partial charge in [-0.2, -0.15) is 0 Å². The van der Waals surface area contributed by atoms with E-state index in [9.17, 15) is 9.59 Å². The fourth-order valence-electron chi connectivity index (χ4n) is 2.34. The van der Waals surface area contributed by atoms with E-state index in [2.05, 4.69) is 5.32 Å². The van der Waals surface area contributed by atoms with E-state index in [0.717, 1.165) is 11.3 Å². The second kappa shape index (κ2) is 7.08. The number of benzene rings is 1. The largest absolute Gasteiger partial charge is 0.497 e. The number of piperazine rings is 1. The molecule has 1 saturated heterocycles. The van der Waals surface area contributed by atoms with E-state index in [4.69, 9.17) is 4.74 Å². The molecule has 21 heavy (non-hydrogen) atoms. The second-order valence-corrected chi connectivity index (χ2v) is 5.01. The van der Waals surface area contributed by atoms with Gasteiger partial charge in [-0.15, -0.1) is 0 Å². The van der Waals surface area contributed by atoms with E-state index in [1.54, 1.807) is 24.0 Å². The van der Waals surface area contributed by atoms with Crippen molar-refractivity contribution in [2.45, 2.75) is 6.54 Å². The topological polar surface area (TPSA) is 61.9 Å². The highest BCUT2D eigenvalue weighted by Gasteiger charge is 2.26. The van der Waals surface area contributed by atoms with Crippen molar-refractivity contribution in [2.75, 3.05) is 40.3 Å². The third-order valence-electron chi connectivity index (χ3n) is 3.51. The summed E-state index contributed by atoms with van der Waals surface area (Å²) < 4.78 is 5.18. The first-order valence-corrected chi connectivity index (χ1v) is 6.97. The van der Waals surface area contributed by atoms with Gasteiger partial charge in [0.15, 0.2) is 0 Å². The third kappa shape index (κ3) is 3.95. The number of nitrogens with zero attached hydrogens (tertiary/aromatic N) is 2. The van der Waals surface area contributed by atoms with Gasteiger partial charge in [0.2, 0.25) is 11.8 Å². The standard InChI is InChI=1S/C15H21N3O3/c1-16-9-14(19)18-7-6-17(15(20)11-18)10-12-4-3-5-13(8-12)21-2/h3-5,8,16H,6-7,9-11H2,1-2H3. The molecule has 1 aromatic carbocycles. The molecule has 1 aliphatic rings. The Morgan fingerprint density at radius 3 is 2.86 bits per heavy atom. The maximum absolute atomic E-state index is 12.2. The molecule has 0 aliphatic carbocycles. The average molecular weight is 291 g/mol. The SMILES string of the molecule is CNCC(=O)N1CCN(Cc2cccc(OC)c2)C(=O)C1. The lowest BCUT2D eigenvalue weighted by atomic mass is 10.2. The monoisotopic (exact) mass is 291 g/mol. The summed E-state index contributed by atoms with van der Waals surface area (Å²) in [5.41, 5.74) is 1.03. The van der Waals surface area contributed by atoms with Gasteiger partial charge in [0.25, 0.3) is 0 Å². The van der Waals surface area contributed by atoms with Crippen LogP contribution in [0.15, 0.2) is 24.3 Å². The van der Waals surface area contributed by atoms with Crippen molar-refractivity contribution in [1.29, 1.82) is 0 Å². The first-order valence-electron chi connectivity index (χ1n) is 6.97. The zero-order valence-electron chi connectivity index (χ0n) is 12.5. The van der Waals surface area contributed by atoms with Crippen LogP contribution in [0.25, 0.3) is 0 Å². The molecular formula is C15H21N3O3. The molecule has 6 heteroatoms. The number of likely N-dealkylation sites (N-methyl/N-ethyl adjacent to an activating group) is 1. The summed E-state index contributed by atoms with van der Waals surface area (Å²) >= 11 is 0. The zero-order chi connectivity index (χ0) is 15.2. The van der Waals surface area contributed by atoms with Gasteiger partial charge in [-0.25, -0.2) is 0 Å². The molecule has 1 aliphatic heterocycles. The van der Waals surface area contributed by atoms with Gasteiger partial charge in [-0.3, -0.25) is 9.59 Å². The number of carbonyl (C=O) groups is 2.